The topological polar surface area (TPSA) is 83.8 Å². The molecule has 5 nitrogen and oxygen atoms in total. The SMILES string of the molecule is CC[C@]1(Br)CC(C)C[C@H]([C@@H](C)Nc2c(C(N)=O)cnc3[nH]ccc23)C1. The molecule has 2 aromatic rings. The van der Waals surface area contributed by atoms with E-state index in [0.717, 1.165) is 29.6 Å². The summed E-state index contributed by atoms with van der Waals surface area (Å²) in [6, 6.07) is 2.18. The van der Waals surface area contributed by atoms with E-state index in [1.807, 2.05) is 12.3 Å². The van der Waals surface area contributed by atoms with Crippen molar-refractivity contribution in [3.63, 3.8) is 0 Å². The third-order valence-corrected chi connectivity index (χ3v) is 6.82. The summed E-state index contributed by atoms with van der Waals surface area (Å²) in [5.41, 5.74) is 7.58. The van der Waals surface area contributed by atoms with Gasteiger partial charge in [0.1, 0.15) is 5.65 Å². The Morgan fingerprint density at radius 3 is 3.00 bits per heavy atom. The van der Waals surface area contributed by atoms with Gasteiger partial charge < -0.3 is 16.0 Å². The molecule has 4 atom stereocenters. The number of nitrogens with one attached hydrogen (secondary N) is 2. The number of hydrogen-bond acceptors (Lipinski definition) is 3. The highest BCUT2D eigenvalue weighted by Gasteiger charge is 2.38. The fraction of sp³-hybridized carbons (Fsp3) is 0.579. The van der Waals surface area contributed by atoms with Crippen molar-refractivity contribution in [2.24, 2.45) is 17.6 Å². The molecule has 1 aliphatic rings. The van der Waals surface area contributed by atoms with E-state index in [1.54, 1.807) is 6.20 Å². The van der Waals surface area contributed by atoms with Crippen molar-refractivity contribution in [1.29, 1.82) is 0 Å². The van der Waals surface area contributed by atoms with Gasteiger partial charge in [0.25, 0.3) is 5.91 Å². The van der Waals surface area contributed by atoms with Gasteiger partial charge in [-0.1, -0.05) is 29.8 Å². The molecule has 2 heterocycles. The van der Waals surface area contributed by atoms with Gasteiger partial charge in [-0.25, -0.2) is 4.98 Å². The number of amides is 1. The molecule has 0 aliphatic heterocycles. The molecule has 0 saturated heterocycles. The van der Waals surface area contributed by atoms with Gasteiger partial charge in [0.15, 0.2) is 0 Å². The summed E-state index contributed by atoms with van der Waals surface area (Å²) in [5.74, 6) is 0.763. The zero-order valence-electron chi connectivity index (χ0n) is 15.1. The summed E-state index contributed by atoms with van der Waals surface area (Å²) in [5, 5.41) is 4.50. The minimum absolute atomic E-state index is 0.222. The van der Waals surface area contributed by atoms with Crippen LogP contribution in [0.15, 0.2) is 18.5 Å². The van der Waals surface area contributed by atoms with Crippen LogP contribution in [-0.2, 0) is 0 Å². The van der Waals surface area contributed by atoms with Gasteiger partial charge in [-0.3, -0.25) is 4.79 Å². The number of alkyl halides is 1. The van der Waals surface area contributed by atoms with Crippen LogP contribution in [0, 0.1) is 11.8 Å². The molecule has 1 aliphatic carbocycles. The van der Waals surface area contributed by atoms with Crippen molar-refractivity contribution < 1.29 is 4.79 Å². The Morgan fingerprint density at radius 1 is 1.56 bits per heavy atom. The Morgan fingerprint density at radius 2 is 2.32 bits per heavy atom. The van der Waals surface area contributed by atoms with Gasteiger partial charge in [-0.2, -0.15) is 0 Å². The van der Waals surface area contributed by atoms with E-state index in [9.17, 15) is 4.79 Å². The fourth-order valence-electron chi connectivity index (χ4n) is 4.23. The highest BCUT2D eigenvalue weighted by molar-refractivity contribution is 9.10. The molecule has 0 bridgehead atoms. The first-order chi connectivity index (χ1) is 11.8. The molecule has 0 spiro atoms. The molecule has 2 aromatic heterocycles. The zero-order chi connectivity index (χ0) is 18.2. The van der Waals surface area contributed by atoms with Gasteiger partial charge in [0.2, 0.25) is 0 Å². The molecule has 1 amide bonds. The van der Waals surface area contributed by atoms with Crippen molar-refractivity contribution in [3.8, 4) is 0 Å². The lowest BCUT2D eigenvalue weighted by molar-refractivity contribution is 0.100. The molecule has 3 rings (SSSR count). The summed E-state index contributed by atoms with van der Waals surface area (Å²) in [4.78, 5) is 19.3. The highest BCUT2D eigenvalue weighted by atomic mass is 79.9. The number of pyridine rings is 1. The van der Waals surface area contributed by atoms with E-state index in [1.165, 1.54) is 12.8 Å². The van der Waals surface area contributed by atoms with Gasteiger partial charge in [0, 0.05) is 28.1 Å². The number of hydrogen-bond donors (Lipinski definition) is 3. The Balaban J connectivity index is 1.89. The first-order valence-electron chi connectivity index (χ1n) is 9.04. The number of halogens is 1. The number of nitrogens with two attached hydrogens (primary N) is 1. The molecular weight excluding hydrogens is 380 g/mol. The normalized spacial score (nSPS) is 28.0. The predicted octanol–water partition coefficient (Wildman–Crippen LogP) is 4.44. The summed E-state index contributed by atoms with van der Waals surface area (Å²) in [7, 11) is 0. The number of H-pyrrole nitrogens is 1. The predicted molar refractivity (Wildman–Crippen MR) is 106 cm³/mol. The summed E-state index contributed by atoms with van der Waals surface area (Å²) >= 11 is 3.98. The largest absolute Gasteiger partial charge is 0.381 e. The van der Waals surface area contributed by atoms with Crippen molar-refractivity contribution in [2.45, 2.75) is 56.8 Å². The quantitative estimate of drug-likeness (QED) is 0.641. The van der Waals surface area contributed by atoms with Gasteiger partial charge in [-0.15, -0.1) is 0 Å². The number of nitrogens with zero attached hydrogens (tertiary/aromatic N) is 1. The zero-order valence-corrected chi connectivity index (χ0v) is 16.7. The number of aromatic nitrogens is 2. The average molecular weight is 407 g/mol. The lowest BCUT2D eigenvalue weighted by Gasteiger charge is -2.42. The van der Waals surface area contributed by atoms with E-state index in [2.05, 4.69) is 52.0 Å². The first kappa shape index (κ1) is 18.2. The van der Waals surface area contributed by atoms with Crippen LogP contribution < -0.4 is 11.1 Å². The van der Waals surface area contributed by atoms with Crippen LogP contribution in [0.4, 0.5) is 5.69 Å². The van der Waals surface area contributed by atoms with Crippen molar-refractivity contribution in [1.82, 2.24) is 9.97 Å². The molecule has 25 heavy (non-hydrogen) atoms. The molecule has 0 radical (unpaired) electrons. The van der Waals surface area contributed by atoms with E-state index in [4.69, 9.17) is 5.73 Å². The maximum atomic E-state index is 11.9. The van der Waals surface area contributed by atoms with E-state index >= 15 is 0 Å². The molecule has 1 fully saturated rings. The number of aromatic amines is 1. The van der Waals surface area contributed by atoms with Crippen molar-refractivity contribution >= 4 is 38.6 Å². The monoisotopic (exact) mass is 406 g/mol. The highest BCUT2D eigenvalue weighted by Crippen LogP contribution is 2.45. The Bertz CT molecular complexity index is 774. The number of anilines is 1. The van der Waals surface area contributed by atoms with Gasteiger partial charge in [0.05, 0.1) is 11.3 Å². The van der Waals surface area contributed by atoms with E-state index in [0.29, 0.717) is 17.4 Å². The second-order valence-electron chi connectivity index (χ2n) is 7.60. The lowest BCUT2D eigenvalue weighted by Crippen LogP contribution is -2.39. The molecular formula is C19H27BrN4O. The Labute approximate surface area is 157 Å². The number of rotatable bonds is 5. The fourth-order valence-corrected chi connectivity index (χ4v) is 5.20. The van der Waals surface area contributed by atoms with Crippen LogP contribution >= 0.6 is 15.9 Å². The van der Waals surface area contributed by atoms with Crippen LogP contribution in [0.5, 0.6) is 0 Å². The molecule has 4 N–H and O–H groups in total. The number of fused-ring (bicyclic) bond motifs is 1. The molecule has 1 unspecified atom stereocenters. The van der Waals surface area contributed by atoms with E-state index < -0.39 is 5.91 Å². The minimum Gasteiger partial charge on any atom is -0.381 e. The van der Waals surface area contributed by atoms with Gasteiger partial charge in [-0.05, 0) is 50.5 Å². The second kappa shape index (κ2) is 6.98. The van der Waals surface area contributed by atoms with Crippen LogP contribution in [0.2, 0.25) is 0 Å². The van der Waals surface area contributed by atoms with E-state index in [-0.39, 0.29) is 10.4 Å². The molecule has 1 saturated carbocycles. The Kier molecular flexibility index (Phi) is 5.09. The molecule has 136 valence electrons. The summed E-state index contributed by atoms with van der Waals surface area (Å²) in [6.07, 6.45) is 8.06. The number of carbonyl (C=O) groups is 1. The van der Waals surface area contributed by atoms with Crippen LogP contribution in [0.1, 0.15) is 56.8 Å². The van der Waals surface area contributed by atoms with Crippen LogP contribution in [-0.4, -0.2) is 26.2 Å². The van der Waals surface area contributed by atoms with Crippen molar-refractivity contribution in [3.05, 3.63) is 24.0 Å². The smallest absolute Gasteiger partial charge is 0.252 e. The first-order valence-corrected chi connectivity index (χ1v) is 9.83. The third kappa shape index (κ3) is 3.68. The number of carbonyl (C=O) groups excluding carboxylic acids is 1. The van der Waals surface area contributed by atoms with Crippen LogP contribution in [0.3, 0.4) is 0 Å². The standard InChI is InChI=1S/C19H27BrN4O/c1-4-19(20)8-11(2)7-13(9-19)12(3)24-16-14-5-6-22-18(14)23-10-15(16)17(21)25/h5-6,10-13H,4,7-9H2,1-3H3,(H2,21,25)(H2,22,23,24)/t11?,12-,13+,19+/m1/s1. The average Bonchev–Trinajstić information content (AvgIpc) is 3.03. The molecule has 6 heteroatoms. The Hall–Kier alpha value is -1.56. The maximum absolute atomic E-state index is 11.9. The number of primary amides is 1. The second-order valence-corrected chi connectivity index (χ2v) is 9.28. The third-order valence-electron chi connectivity index (χ3n) is 5.61. The minimum atomic E-state index is -0.453. The van der Waals surface area contributed by atoms with Gasteiger partial charge >= 0.3 is 0 Å². The van der Waals surface area contributed by atoms with Crippen LogP contribution in [0.25, 0.3) is 11.0 Å². The summed E-state index contributed by atoms with van der Waals surface area (Å²) < 4.78 is 0.222. The lowest BCUT2D eigenvalue weighted by atomic mass is 9.72. The van der Waals surface area contributed by atoms with Crippen molar-refractivity contribution in [2.75, 3.05) is 5.32 Å². The summed E-state index contributed by atoms with van der Waals surface area (Å²) in [6.45, 7) is 6.78. The molecule has 0 aromatic carbocycles. The maximum Gasteiger partial charge on any atom is 0.252 e.